The zero-order chi connectivity index (χ0) is 35.3. The van der Waals surface area contributed by atoms with Gasteiger partial charge >= 0.3 is 0 Å². The Labute approximate surface area is 309 Å². The zero-order valence-electron chi connectivity index (χ0n) is 29.8. The highest BCUT2D eigenvalue weighted by Crippen LogP contribution is 2.41. The number of aryl methyl sites for hydroxylation is 4. The van der Waals surface area contributed by atoms with E-state index in [0.717, 1.165) is 22.3 Å². The highest BCUT2D eigenvalue weighted by Gasteiger charge is 2.29. The summed E-state index contributed by atoms with van der Waals surface area (Å²) in [6, 6.07) is 52.8. The van der Waals surface area contributed by atoms with Crippen molar-refractivity contribution in [3.8, 4) is 33.5 Å². The van der Waals surface area contributed by atoms with Crippen molar-refractivity contribution in [2.24, 2.45) is 0 Å². The van der Waals surface area contributed by atoms with Gasteiger partial charge in [-0.1, -0.05) is 166 Å². The predicted molar refractivity (Wildman–Crippen MR) is 225 cm³/mol. The minimum absolute atomic E-state index is 0.0572. The van der Waals surface area contributed by atoms with E-state index in [9.17, 15) is 0 Å². The highest BCUT2D eigenvalue weighted by molar-refractivity contribution is 7.26. The number of nitrogens with zero attached hydrogens (tertiary/aromatic N) is 2. The first-order valence-corrected chi connectivity index (χ1v) is 18.8. The van der Waals surface area contributed by atoms with Crippen LogP contribution in [0.2, 0.25) is 0 Å². The third-order valence-corrected chi connectivity index (χ3v) is 11.7. The Morgan fingerprint density at radius 2 is 1.04 bits per heavy atom. The van der Waals surface area contributed by atoms with Gasteiger partial charge in [0.05, 0.1) is 21.4 Å². The molecule has 2 nitrogen and oxygen atoms in total. The Balaban J connectivity index is 1.23. The van der Waals surface area contributed by atoms with Crippen molar-refractivity contribution in [1.82, 2.24) is 9.97 Å². The van der Waals surface area contributed by atoms with Crippen LogP contribution < -0.4 is 16.4 Å². The summed E-state index contributed by atoms with van der Waals surface area (Å²) in [7, 11) is 0. The van der Waals surface area contributed by atoms with Crippen LogP contribution in [0.25, 0.3) is 64.7 Å². The smallest absolute Gasteiger partial charge is 0.242 e. The molecule has 6 aromatic carbocycles. The zero-order valence-corrected chi connectivity index (χ0v) is 30.6. The minimum atomic E-state index is 0.0572. The van der Waals surface area contributed by atoms with Gasteiger partial charge in [0.1, 0.15) is 0 Å². The summed E-state index contributed by atoms with van der Waals surface area (Å²) in [6.07, 6.45) is 1.87. The maximum atomic E-state index is 5.24. The molecule has 4 heteroatoms. The van der Waals surface area contributed by atoms with Crippen molar-refractivity contribution in [2.75, 3.05) is 0 Å². The van der Waals surface area contributed by atoms with E-state index in [-0.39, 0.29) is 6.71 Å². The molecule has 0 amide bonds. The van der Waals surface area contributed by atoms with Crippen LogP contribution in [0.1, 0.15) is 22.3 Å². The molecule has 0 saturated carbocycles. The molecule has 9 rings (SSSR count). The molecule has 0 atom stereocenters. The molecule has 0 saturated heterocycles. The lowest BCUT2D eigenvalue weighted by atomic mass is 9.34. The van der Waals surface area contributed by atoms with Crippen molar-refractivity contribution in [2.45, 2.75) is 27.7 Å². The number of rotatable bonds is 6. The molecule has 0 unspecified atom stereocenters. The number of aromatic nitrogens is 2. The molecule has 0 aliphatic carbocycles. The van der Waals surface area contributed by atoms with Gasteiger partial charge in [0.15, 0.2) is 0 Å². The van der Waals surface area contributed by atoms with Gasteiger partial charge in [0, 0.05) is 27.2 Å². The second-order valence-corrected chi connectivity index (χ2v) is 15.0. The molecule has 0 fully saturated rings. The molecular weight excluding hydrogens is 647 g/mol. The fraction of sp³-hybridized carbons (Fsp3) is 0.0833. The first-order chi connectivity index (χ1) is 25.4. The fourth-order valence-electron chi connectivity index (χ4n) is 8.26. The quantitative estimate of drug-likeness (QED) is 0.163. The maximum absolute atomic E-state index is 5.24. The Morgan fingerprint density at radius 1 is 0.500 bits per heavy atom. The number of hydrogen-bond acceptors (Lipinski definition) is 3. The predicted octanol–water partition coefficient (Wildman–Crippen LogP) is 10.7. The van der Waals surface area contributed by atoms with Crippen LogP contribution >= 0.6 is 11.3 Å². The van der Waals surface area contributed by atoms with Gasteiger partial charge < -0.3 is 0 Å². The molecule has 0 spiro atoms. The Kier molecular flexibility index (Phi) is 8.05. The average Bonchev–Trinajstić information content (AvgIpc) is 3.57. The van der Waals surface area contributed by atoms with E-state index in [1.165, 1.54) is 81.1 Å². The summed E-state index contributed by atoms with van der Waals surface area (Å²) < 4.78 is 2.44. The van der Waals surface area contributed by atoms with Gasteiger partial charge in [0.2, 0.25) is 6.71 Å². The van der Waals surface area contributed by atoms with Crippen molar-refractivity contribution in [3.63, 3.8) is 0 Å². The second kappa shape index (κ2) is 13.0. The Morgan fingerprint density at radius 3 is 1.62 bits per heavy atom. The lowest BCUT2D eigenvalue weighted by Gasteiger charge is -2.25. The van der Waals surface area contributed by atoms with E-state index in [2.05, 4.69) is 167 Å². The van der Waals surface area contributed by atoms with Crippen LogP contribution in [0, 0.1) is 27.7 Å². The van der Waals surface area contributed by atoms with Crippen LogP contribution in [-0.4, -0.2) is 16.7 Å². The van der Waals surface area contributed by atoms with Gasteiger partial charge in [-0.2, -0.15) is 0 Å². The second-order valence-electron chi connectivity index (χ2n) is 14.0. The maximum Gasteiger partial charge on any atom is 0.242 e. The molecule has 52 heavy (non-hydrogen) atoms. The van der Waals surface area contributed by atoms with Gasteiger partial charge in [-0.3, -0.25) is 4.98 Å². The monoisotopic (exact) mass is 684 g/mol. The highest BCUT2D eigenvalue weighted by atomic mass is 32.1. The molecule has 0 N–H and O–H groups in total. The van der Waals surface area contributed by atoms with E-state index < -0.39 is 0 Å². The molecule has 0 radical (unpaired) electrons. The van der Waals surface area contributed by atoms with E-state index in [1.54, 1.807) is 11.3 Å². The molecule has 0 bridgehead atoms. The number of fused-ring (bicyclic) bond motifs is 5. The van der Waals surface area contributed by atoms with Crippen LogP contribution in [0.4, 0.5) is 0 Å². The van der Waals surface area contributed by atoms with Crippen molar-refractivity contribution in [1.29, 1.82) is 0 Å². The summed E-state index contributed by atoms with van der Waals surface area (Å²) in [6.45, 7) is 9.19. The molecule has 9 aromatic rings. The third kappa shape index (κ3) is 5.51. The largest absolute Gasteiger partial charge is 0.254 e. The summed E-state index contributed by atoms with van der Waals surface area (Å²) in [5, 5.41) is 2.43. The summed E-state index contributed by atoms with van der Waals surface area (Å²) in [4.78, 5) is 10.0. The van der Waals surface area contributed by atoms with E-state index >= 15 is 0 Å². The summed E-state index contributed by atoms with van der Waals surface area (Å²) >= 11 is 1.81. The first kappa shape index (κ1) is 32.1. The number of pyridine rings is 2. The normalized spacial score (nSPS) is 11.5. The summed E-state index contributed by atoms with van der Waals surface area (Å²) in [5.41, 5.74) is 18.2. The minimum Gasteiger partial charge on any atom is -0.254 e. The number of thiophene rings is 1. The van der Waals surface area contributed by atoms with Gasteiger partial charge in [-0.25, -0.2) is 4.98 Å². The number of hydrogen-bond donors (Lipinski definition) is 0. The van der Waals surface area contributed by atoms with Crippen molar-refractivity contribution in [3.05, 3.63) is 174 Å². The first-order valence-electron chi connectivity index (χ1n) is 17.9. The number of benzene rings is 6. The topological polar surface area (TPSA) is 25.8 Å². The Bertz CT molecular complexity index is 2630. The van der Waals surface area contributed by atoms with Crippen molar-refractivity contribution < 1.29 is 0 Å². The SMILES string of the molecule is Cc1cc(-c2ccccc2)cc(C)c1B(c1ccc(-c2nc3cccnc3c3c2sc2ccccc23)cc1)c1c(C)cc(-c2ccccc2)cc1C. The molecule has 3 heterocycles. The van der Waals surface area contributed by atoms with Crippen LogP contribution in [0.3, 0.4) is 0 Å². The fourth-order valence-corrected chi connectivity index (χ4v) is 9.47. The van der Waals surface area contributed by atoms with Crippen LogP contribution in [0.5, 0.6) is 0 Å². The van der Waals surface area contributed by atoms with Crippen LogP contribution in [0.15, 0.2) is 152 Å². The molecule has 3 aromatic heterocycles. The lowest BCUT2D eigenvalue weighted by molar-refractivity contribution is 1.37. The molecule has 248 valence electrons. The Hall–Kier alpha value is -5.84. The van der Waals surface area contributed by atoms with Gasteiger partial charge in [0.25, 0.3) is 0 Å². The van der Waals surface area contributed by atoms with E-state index in [4.69, 9.17) is 9.97 Å². The standard InChI is InChI=1S/C48H37BN2S/c1-30-26-37(34-14-7-5-8-15-34)27-31(2)44(30)49(45-32(3)28-38(29-33(45)4)35-16-9-6-10-17-35)39-23-21-36(22-24-39)46-48-43(40-18-11-12-20-42(40)52-48)47-41(51-46)19-13-25-50-47/h5-29H,1-4H3. The van der Waals surface area contributed by atoms with Gasteiger partial charge in [-0.05, 0) is 68.1 Å². The molecular formula is C48H37BN2S. The molecule has 0 aliphatic heterocycles. The van der Waals surface area contributed by atoms with E-state index in [0.29, 0.717) is 0 Å². The van der Waals surface area contributed by atoms with Crippen LogP contribution in [-0.2, 0) is 0 Å². The average molecular weight is 685 g/mol. The summed E-state index contributed by atoms with van der Waals surface area (Å²) in [5.74, 6) is 0. The van der Waals surface area contributed by atoms with E-state index in [1.807, 2.05) is 12.3 Å². The molecule has 0 aliphatic rings. The van der Waals surface area contributed by atoms with Crippen molar-refractivity contribution >= 4 is 65.6 Å². The van der Waals surface area contributed by atoms with Gasteiger partial charge in [-0.15, -0.1) is 11.3 Å². The third-order valence-electron chi connectivity index (χ3n) is 10.6. The lowest BCUT2D eigenvalue weighted by Crippen LogP contribution is -2.55.